The number of hydrogen-bond donors (Lipinski definition) is 1. The van der Waals surface area contributed by atoms with E-state index >= 15 is 0 Å². The Hall–Kier alpha value is -2.31. The summed E-state index contributed by atoms with van der Waals surface area (Å²) in [5.41, 5.74) is 0.807. The summed E-state index contributed by atoms with van der Waals surface area (Å²) < 4.78 is 6.81. The molecule has 0 radical (unpaired) electrons. The number of anilines is 1. The monoisotopic (exact) mass is 378 g/mol. The lowest BCUT2D eigenvalue weighted by Crippen LogP contribution is -2.22. The van der Waals surface area contributed by atoms with E-state index in [4.69, 9.17) is 4.74 Å². The van der Waals surface area contributed by atoms with Crippen molar-refractivity contribution in [3.05, 3.63) is 28.4 Å². The second-order valence-corrected chi connectivity index (χ2v) is 7.49. The molecule has 1 amide bonds. The Bertz CT molecular complexity index is 835. The van der Waals surface area contributed by atoms with Crippen LogP contribution in [0.5, 0.6) is 0 Å². The molecule has 0 fully saturated rings. The minimum absolute atomic E-state index is 0.247. The second-order valence-electron chi connectivity index (χ2n) is 5.16. The highest BCUT2D eigenvalue weighted by atomic mass is 32.2. The number of hydrogen-bond acceptors (Lipinski definition) is 7. The summed E-state index contributed by atoms with van der Waals surface area (Å²) in [6, 6.07) is 2.04. The first-order valence-corrected chi connectivity index (χ1v) is 9.24. The van der Waals surface area contributed by atoms with Gasteiger partial charge in [0, 0.05) is 19.4 Å². The highest BCUT2D eigenvalue weighted by molar-refractivity contribution is 8.00. The molecule has 9 heteroatoms. The fourth-order valence-electron chi connectivity index (χ4n) is 2.02. The summed E-state index contributed by atoms with van der Waals surface area (Å²) in [6.45, 7) is 5.39. The first-order chi connectivity index (χ1) is 11.9. The van der Waals surface area contributed by atoms with Gasteiger partial charge in [0.05, 0.1) is 17.4 Å². The third kappa shape index (κ3) is 4.21. The van der Waals surface area contributed by atoms with Gasteiger partial charge in [0.2, 0.25) is 5.91 Å². The van der Waals surface area contributed by atoms with Crippen molar-refractivity contribution in [2.75, 3.05) is 11.9 Å². The summed E-state index contributed by atoms with van der Waals surface area (Å²) in [5.74, 6) is -0.751. The van der Waals surface area contributed by atoms with E-state index in [-0.39, 0.29) is 18.1 Å². The highest BCUT2D eigenvalue weighted by Gasteiger charge is 2.24. The zero-order valence-corrected chi connectivity index (χ0v) is 16.0. The molecule has 0 bridgehead atoms. The van der Waals surface area contributed by atoms with Gasteiger partial charge in [-0.1, -0.05) is 11.8 Å². The van der Waals surface area contributed by atoms with Crippen molar-refractivity contribution in [3.63, 3.8) is 0 Å². The SMILES string of the molecule is CCOC(=O)c1sc(NC(=O)C(C)Sc2nccn2C)c(C#N)c1C. The molecular formula is C16H18N4O3S2. The van der Waals surface area contributed by atoms with E-state index in [0.29, 0.717) is 15.4 Å². The van der Waals surface area contributed by atoms with Gasteiger partial charge in [-0.05, 0) is 26.3 Å². The molecule has 2 rings (SSSR count). The number of amides is 1. The van der Waals surface area contributed by atoms with Crippen molar-refractivity contribution in [2.45, 2.75) is 31.2 Å². The lowest BCUT2D eigenvalue weighted by atomic mass is 10.2. The van der Waals surface area contributed by atoms with Gasteiger partial charge in [0.1, 0.15) is 15.9 Å². The number of thiophene rings is 1. The van der Waals surface area contributed by atoms with Crippen LogP contribution in [0, 0.1) is 18.3 Å². The molecule has 0 saturated heterocycles. The number of rotatable bonds is 6. The number of aromatic nitrogens is 2. The molecule has 0 saturated carbocycles. The Kier molecular flexibility index (Phi) is 6.22. The van der Waals surface area contributed by atoms with Crippen molar-refractivity contribution in [1.29, 1.82) is 5.26 Å². The second kappa shape index (κ2) is 8.18. The average Bonchev–Trinajstić information content (AvgIpc) is 3.11. The molecule has 25 heavy (non-hydrogen) atoms. The number of carbonyl (C=O) groups is 2. The third-order valence-corrected chi connectivity index (χ3v) is 5.74. The van der Waals surface area contributed by atoms with E-state index in [1.54, 1.807) is 33.2 Å². The van der Waals surface area contributed by atoms with Crippen LogP contribution in [0.1, 0.15) is 34.6 Å². The summed E-state index contributed by atoms with van der Waals surface area (Å²) in [4.78, 5) is 28.9. The van der Waals surface area contributed by atoms with Gasteiger partial charge in [-0.3, -0.25) is 4.79 Å². The van der Waals surface area contributed by atoms with Crippen LogP contribution in [0.2, 0.25) is 0 Å². The molecule has 0 aliphatic heterocycles. The van der Waals surface area contributed by atoms with Crippen LogP contribution < -0.4 is 5.32 Å². The predicted molar refractivity (Wildman–Crippen MR) is 96.9 cm³/mol. The number of thioether (sulfide) groups is 1. The summed E-state index contributed by atoms with van der Waals surface area (Å²) in [5, 5.41) is 12.8. The number of carbonyl (C=O) groups excluding carboxylic acids is 2. The lowest BCUT2D eigenvalue weighted by molar-refractivity contribution is -0.115. The van der Waals surface area contributed by atoms with Crippen LogP contribution in [0.4, 0.5) is 5.00 Å². The molecule has 2 heterocycles. The molecule has 1 unspecified atom stereocenters. The normalized spacial score (nSPS) is 11.6. The van der Waals surface area contributed by atoms with Gasteiger partial charge in [-0.15, -0.1) is 11.3 Å². The number of imidazole rings is 1. The Morgan fingerprint density at radius 3 is 2.84 bits per heavy atom. The lowest BCUT2D eigenvalue weighted by Gasteiger charge is -2.10. The van der Waals surface area contributed by atoms with Crippen LogP contribution >= 0.6 is 23.1 Å². The largest absolute Gasteiger partial charge is 0.462 e. The smallest absolute Gasteiger partial charge is 0.348 e. The number of aryl methyl sites for hydroxylation is 1. The molecule has 0 aromatic carbocycles. The number of nitrogens with one attached hydrogen (secondary N) is 1. The first-order valence-electron chi connectivity index (χ1n) is 7.54. The Labute approximate surface area is 154 Å². The molecular weight excluding hydrogens is 360 g/mol. The van der Waals surface area contributed by atoms with E-state index in [1.165, 1.54) is 11.8 Å². The minimum Gasteiger partial charge on any atom is -0.462 e. The predicted octanol–water partition coefficient (Wildman–Crippen LogP) is 2.96. The standard InChI is InChI=1S/C16H18N4O3S2/c1-5-23-15(22)12-9(2)11(8-17)14(25-12)19-13(21)10(3)24-16-18-6-7-20(16)4/h6-7,10H,5H2,1-4H3,(H,19,21). The Balaban J connectivity index is 2.17. The molecule has 1 atom stereocenters. The quantitative estimate of drug-likeness (QED) is 0.613. The van der Waals surface area contributed by atoms with E-state index in [1.807, 2.05) is 17.7 Å². The number of ether oxygens (including phenoxy) is 1. The maximum atomic E-state index is 12.4. The van der Waals surface area contributed by atoms with Crippen LogP contribution in [0.15, 0.2) is 17.6 Å². The fourth-order valence-corrected chi connectivity index (χ4v) is 3.90. The van der Waals surface area contributed by atoms with Crippen LogP contribution in [0.25, 0.3) is 0 Å². The molecule has 2 aromatic heterocycles. The van der Waals surface area contributed by atoms with E-state index in [2.05, 4.69) is 10.3 Å². The summed E-state index contributed by atoms with van der Waals surface area (Å²) in [7, 11) is 1.85. The number of nitrogens with zero attached hydrogens (tertiary/aromatic N) is 3. The molecule has 0 aliphatic rings. The average molecular weight is 378 g/mol. The zero-order valence-electron chi connectivity index (χ0n) is 14.3. The molecule has 0 aliphatic carbocycles. The summed E-state index contributed by atoms with van der Waals surface area (Å²) in [6.07, 6.45) is 3.46. The Morgan fingerprint density at radius 2 is 2.28 bits per heavy atom. The molecule has 0 spiro atoms. The highest BCUT2D eigenvalue weighted by Crippen LogP contribution is 2.33. The fraction of sp³-hybridized carbons (Fsp3) is 0.375. The molecule has 7 nitrogen and oxygen atoms in total. The van der Waals surface area contributed by atoms with Crippen molar-refractivity contribution in [2.24, 2.45) is 7.05 Å². The van der Waals surface area contributed by atoms with Crippen LogP contribution in [-0.4, -0.2) is 33.3 Å². The van der Waals surface area contributed by atoms with Crippen molar-refractivity contribution >= 4 is 40.0 Å². The minimum atomic E-state index is -0.488. The maximum absolute atomic E-state index is 12.4. The number of nitriles is 1. The van der Waals surface area contributed by atoms with Gasteiger partial charge < -0.3 is 14.6 Å². The van der Waals surface area contributed by atoms with Crippen molar-refractivity contribution < 1.29 is 14.3 Å². The molecule has 132 valence electrons. The Morgan fingerprint density at radius 1 is 1.56 bits per heavy atom. The van der Waals surface area contributed by atoms with Crippen molar-refractivity contribution in [3.8, 4) is 6.07 Å². The van der Waals surface area contributed by atoms with Crippen LogP contribution in [-0.2, 0) is 16.6 Å². The van der Waals surface area contributed by atoms with Crippen molar-refractivity contribution in [1.82, 2.24) is 9.55 Å². The van der Waals surface area contributed by atoms with E-state index in [9.17, 15) is 14.9 Å². The third-order valence-electron chi connectivity index (χ3n) is 3.38. The topological polar surface area (TPSA) is 97.0 Å². The summed E-state index contributed by atoms with van der Waals surface area (Å²) >= 11 is 2.37. The van der Waals surface area contributed by atoms with Gasteiger partial charge in [0.15, 0.2) is 5.16 Å². The van der Waals surface area contributed by atoms with E-state index < -0.39 is 11.2 Å². The first kappa shape index (κ1) is 19.0. The van der Waals surface area contributed by atoms with Gasteiger partial charge in [0.25, 0.3) is 0 Å². The number of esters is 1. The molecule has 2 aromatic rings. The maximum Gasteiger partial charge on any atom is 0.348 e. The van der Waals surface area contributed by atoms with Gasteiger partial charge in [-0.2, -0.15) is 5.26 Å². The van der Waals surface area contributed by atoms with Crippen LogP contribution in [0.3, 0.4) is 0 Å². The van der Waals surface area contributed by atoms with E-state index in [0.717, 1.165) is 16.5 Å². The zero-order chi connectivity index (χ0) is 18.6. The molecule has 1 N–H and O–H groups in total. The van der Waals surface area contributed by atoms with Gasteiger partial charge >= 0.3 is 5.97 Å². The van der Waals surface area contributed by atoms with Gasteiger partial charge in [-0.25, -0.2) is 9.78 Å².